The Hall–Kier alpha value is -0.610. The van der Waals surface area contributed by atoms with Gasteiger partial charge in [0, 0.05) is 24.2 Å². The molecule has 1 heterocycles. The van der Waals surface area contributed by atoms with Gasteiger partial charge in [-0.2, -0.15) is 0 Å². The van der Waals surface area contributed by atoms with Crippen molar-refractivity contribution in [2.45, 2.75) is 38.8 Å². The summed E-state index contributed by atoms with van der Waals surface area (Å²) in [5, 5.41) is 11.0. The van der Waals surface area contributed by atoms with Gasteiger partial charge < -0.3 is 10.0 Å². The number of aliphatic hydroxyl groups excluding tert-OH is 1. The monoisotopic (exact) mass is 310 g/mol. The highest BCUT2D eigenvalue weighted by molar-refractivity contribution is 6.30. The van der Waals surface area contributed by atoms with Crippen LogP contribution in [0.25, 0.3) is 0 Å². The van der Waals surface area contributed by atoms with E-state index in [1.807, 2.05) is 24.3 Å². The van der Waals surface area contributed by atoms with E-state index in [9.17, 15) is 5.11 Å². The molecule has 118 valence electrons. The van der Waals surface area contributed by atoms with Gasteiger partial charge in [0.15, 0.2) is 0 Å². The maximum absolute atomic E-state index is 10.3. The van der Waals surface area contributed by atoms with Crippen molar-refractivity contribution in [2.24, 2.45) is 0 Å². The minimum Gasteiger partial charge on any atom is -0.388 e. The van der Waals surface area contributed by atoms with Gasteiger partial charge in [0.2, 0.25) is 0 Å². The first kappa shape index (κ1) is 16.8. The molecule has 2 rings (SSSR count). The van der Waals surface area contributed by atoms with Gasteiger partial charge in [0.1, 0.15) is 0 Å². The summed E-state index contributed by atoms with van der Waals surface area (Å²) >= 11 is 5.98. The summed E-state index contributed by atoms with van der Waals surface area (Å²) in [6, 6.07) is 8.22. The van der Waals surface area contributed by atoms with Crippen LogP contribution in [0.15, 0.2) is 24.3 Å². The predicted octanol–water partition coefficient (Wildman–Crippen LogP) is 3.18. The van der Waals surface area contributed by atoms with Crippen molar-refractivity contribution in [1.82, 2.24) is 9.80 Å². The lowest BCUT2D eigenvalue weighted by atomic mass is 10.1. The van der Waals surface area contributed by atoms with Crippen LogP contribution < -0.4 is 0 Å². The van der Waals surface area contributed by atoms with Crippen LogP contribution in [0.1, 0.15) is 38.4 Å². The average molecular weight is 311 g/mol. The van der Waals surface area contributed by atoms with Crippen LogP contribution >= 0.6 is 11.6 Å². The van der Waals surface area contributed by atoms with E-state index in [0.29, 0.717) is 11.1 Å². The summed E-state index contributed by atoms with van der Waals surface area (Å²) < 4.78 is 0. The first-order valence-corrected chi connectivity index (χ1v) is 8.41. The highest BCUT2D eigenvalue weighted by Crippen LogP contribution is 2.22. The van der Waals surface area contributed by atoms with Gasteiger partial charge in [-0.1, -0.05) is 37.6 Å². The molecule has 1 fully saturated rings. The van der Waals surface area contributed by atoms with Crippen LogP contribution in [0, 0.1) is 0 Å². The summed E-state index contributed by atoms with van der Waals surface area (Å²) in [5.41, 5.74) is 0.919. The molecule has 2 atom stereocenters. The van der Waals surface area contributed by atoms with Crippen LogP contribution in [0.5, 0.6) is 0 Å². The Balaban J connectivity index is 1.79. The van der Waals surface area contributed by atoms with Crippen LogP contribution in [0.2, 0.25) is 5.02 Å². The lowest BCUT2D eigenvalue weighted by Gasteiger charge is -2.26. The molecule has 2 unspecified atom stereocenters. The number of aliphatic hydroxyl groups is 1. The second kappa shape index (κ2) is 8.14. The van der Waals surface area contributed by atoms with Crippen LogP contribution in [-0.4, -0.2) is 53.7 Å². The Labute approximate surface area is 133 Å². The summed E-state index contributed by atoms with van der Waals surface area (Å²) in [5.74, 6) is 0. The van der Waals surface area contributed by atoms with Crippen molar-refractivity contribution in [1.29, 1.82) is 0 Å². The van der Waals surface area contributed by atoms with Gasteiger partial charge in [-0.25, -0.2) is 0 Å². The second-order valence-electron chi connectivity index (χ2n) is 5.82. The van der Waals surface area contributed by atoms with E-state index in [1.165, 1.54) is 6.42 Å². The van der Waals surface area contributed by atoms with E-state index in [2.05, 4.69) is 23.6 Å². The van der Waals surface area contributed by atoms with Crippen molar-refractivity contribution in [3.63, 3.8) is 0 Å². The highest BCUT2D eigenvalue weighted by atomic mass is 35.5. The molecule has 1 aromatic carbocycles. The SMILES string of the molecule is CCN(CC)C1CCN(CCC(O)c2cccc(Cl)c2)C1. The van der Waals surface area contributed by atoms with Gasteiger partial charge in [0.05, 0.1) is 6.10 Å². The molecule has 0 saturated carbocycles. The predicted molar refractivity (Wildman–Crippen MR) is 88.8 cm³/mol. The van der Waals surface area contributed by atoms with E-state index in [4.69, 9.17) is 11.6 Å². The Morgan fingerprint density at radius 1 is 1.38 bits per heavy atom. The van der Waals surface area contributed by atoms with Gasteiger partial charge in [-0.15, -0.1) is 0 Å². The summed E-state index contributed by atoms with van der Waals surface area (Å²) in [6.07, 6.45) is 1.59. The molecule has 1 N–H and O–H groups in total. The third-order valence-corrected chi connectivity index (χ3v) is 4.76. The van der Waals surface area contributed by atoms with E-state index in [1.54, 1.807) is 0 Å². The summed E-state index contributed by atoms with van der Waals surface area (Å²) in [6.45, 7) is 9.93. The largest absolute Gasteiger partial charge is 0.388 e. The summed E-state index contributed by atoms with van der Waals surface area (Å²) in [4.78, 5) is 5.00. The molecule has 0 aromatic heterocycles. The fourth-order valence-electron chi connectivity index (χ4n) is 3.24. The molecule has 0 spiro atoms. The maximum atomic E-state index is 10.3. The fraction of sp³-hybridized carbons (Fsp3) is 0.647. The van der Waals surface area contributed by atoms with Crippen LogP contribution in [0.3, 0.4) is 0 Å². The third-order valence-electron chi connectivity index (χ3n) is 4.53. The zero-order chi connectivity index (χ0) is 15.2. The molecular formula is C17H27ClN2O. The molecule has 21 heavy (non-hydrogen) atoms. The number of hydrogen-bond donors (Lipinski definition) is 1. The van der Waals surface area contributed by atoms with Crippen molar-refractivity contribution < 1.29 is 5.11 Å². The third kappa shape index (κ3) is 4.68. The number of halogens is 1. The minimum atomic E-state index is -0.420. The quantitative estimate of drug-likeness (QED) is 0.838. The maximum Gasteiger partial charge on any atom is 0.0802 e. The fourth-order valence-corrected chi connectivity index (χ4v) is 3.44. The zero-order valence-corrected chi connectivity index (χ0v) is 13.9. The molecule has 4 heteroatoms. The number of benzene rings is 1. The lowest BCUT2D eigenvalue weighted by molar-refractivity contribution is 0.144. The molecule has 1 saturated heterocycles. The van der Waals surface area contributed by atoms with Crippen molar-refractivity contribution in [2.75, 3.05) is 32.7 Å². The normalized spacial score (nSPS) is 21.1. The molecule has 0 aliphatic carbocycles. The standard InChI is InChI=1S/C17H27ClN2O/c1-3-20(4-2)16-8-10-19(13-16)11-9-17(21)14-6-5-7-15(18)12-14/h5-7,12,16-17,21H,3-4,8-11,13H2,1-2H3. The minimum absolute atomic E-state index is 0.420. The molecule has 1 aliphatic heterocycles. The van der Waals surface area contributed by atoms with Gasteiger partial charge >= 0.3 is 0 Å². The molecule has 0 radical (unpaired) electrons. The Morgan fingerprint density at radius 2 is 2.14 bits per heavy atom. The van der Waals surface area contributed by atoms with Gasteiger partial charge in [0.25, 0.3) is 0 Å². The zero-order valence-electron chi connectivity index (χ0n) is 13.1. The first-order valence-electron chi connectivity index (χ1n) is 8.04. The van der Waals surface area contributed by atoms with Crippen LogP contribution in [0.4, 0.5) is 0 Å². The molecule has 1 aromatic rings. The Kier molecular flexibility index (Phi) is 6.49. The molecule has 3 nitrogen and oxygen atoms in total. The van der Waals surface area contributed by atoms with Crippen molar-refractivity contribution >= 4 is 11.6 Å². The van der Waals surface area contributed by atoms with Crippen LogP contribution in [-0.2, 0) is 0 Å². The second-order valence-corrected chi connectivity index (χ2v) is 6.26. The van der Waals surface area contributed by atoms with Gasteiger partial charge in [-0.05, 0) is 50.2 Å². The van der Waals surface area contributed by atoms with E-state index in [0.717, 1.165) is 44.7 Å². The smallest absolute Gasteiger partial charge is 0.0802 e. The number of rotatable bonds is 7. The Morgan fingerprint density at radius 3 is 2.81 bits per heavy atom. The molecule has 1 aliphatic rings. The topological polar surface area (TPSA) is 26.7 Å². The highest BCUT2D eigenvalue weighted by Gasteiger charge is 2.26. The Bertz CT molecular complexity index is 437. The first-order chi connectivity index (χ1) is 10.1. The number of likely N-dealkylation sites (tertiary alicyclic amines) is 1. The number of nitrogens with zero attached hydrogens (tertiary/aromatic N) is 2. The van der Waals surface area contributed by atoms with Crippen molar-refractivity contribution in [3.8, 4) is 0 Å². The molecule has 0 amide bonds. The lowest BCUT2D eigenvalue weighted by Crippen LogP contribution is -2.37. The van der Waals surface area contributed by atoms with E-state index in [-0.39, 0.29) is 0 Å². The number of hydrogen-bond acceptors (Lipinski definition) is 3. The molecular weight excluding hydrogens is 284 g/mol. The van der Waals surface area contributed by atoms with Crippen molar-refractivity contribution in [3.05, 3.63) is 34.9 Å². The average Bonchev–Trinajstić information content (AvgIpc) is 2.95. The van der Waals surface area contributed by atoms with E-state index >= 15 is 0 Å². The van der Waals surface area contributed by atoms with Gasteiger partial charge in [-0.3, -0.25) is 4.90 Å². The number of likely N-dealkylation sites (N-methyl/N-ethyl adjacent to an activating group) is 1. The molecule has 0 bridgehead atoms. The van der Waals surface area contributed by atoms with E-state index < -0.39 is 6.10 Å². The summed E-state index contributed by atoms with van der Waals surface area (Å²) in [7, 11) is 0.